The van der Waals surface area contributed by atoms with Crippen LogP contribution in [0.25, 0.3) is 0 Å². The number of rotatable bonds is 5. The van der Waals surface area contributed by atoms with Gasteiger partial charge in [-0.3, -0.25) is 9.69 Å². The summed E-state index contributed by atoms with van der Waals surface area (Å²) in [5, 5.41) is 14.7. The quantitative estimate of drug-likeness (QED) is 0.323. The highest BCUT2D eigenvalue weighted by molar-refractivity contribution is 5.84. The van der Waals surface area contributed by atoms with Crippen LogP contribution in [0, 0.1) is 63.1 Å². The van der Waals surface area contributed by atoms with Crippen LogP contribution in [0.2, 0.25) is 0 Å². The molecule has 0 aromatic heterocycles. The van der Waals surface area contributed by atoms with Crippen molar-refractivity contribution in [2.24, 2.45) is 63.1 Å². The second-order valence-electron chi connectivity index (χ2n) is 18.4. The molecule has 7 fully saturated rings. The lowest BCUT2D eigenvalue weighted by Crippen LogP contribution is -2.63. The Kier molecular flexibility index (Phi) is 8.18. The molecular weight excluding hydrogens is 544 g/mol. The van der Waals surface area contributed by atoms with E-state index in [-0.39, 0.29) is 22.3 Å². The van der Waals surface area contributed by atoms with Crippen LogP contribution >= 0.6 is 0 Å². The number of aliphatic hydroxyl groups excluding tert-OH is 1. The molecule has 1 amide bonds. The molecule has 2 unspecified atom stereocenters. The summed E-state index contributed by atoms with van der Waals surface area (Å²) in [6.07, 6.45) is 15.1. The number of carbonyl (C=O) groups is 1. The summed E-state index contributed by atoms with van der Waals surface area (Å²) in [6.45, 7) is 21.8. The van der Waals surface area contributed by atoms with Crippen molar-refractivity contribution in [2.45, 2.75) is 130 Å². The van der Waals surface area contributed by atoms with Gasteiger partial charge >= 0.3 is 0 Å². The topological polar surface area (TPSA) is 61.8 Å². The molecule has 7 aliphatic rings. The maximum atomic E-state index is 14.7. The number of nitrogens with one attached hydrogen (secondary N) is 1. The van der Waals surface area contributed by atoms with Crippen molar-refractivity contribution in [1.82, 2.24) is 10.2 Å². The molecule has 44 heavy (non-hydrogen) atoms. The third-order valence-corrected chi connectivity index (χ3v) is 16.1. The fourth-order valence-electron chi connectivity index (χ4n) is 14.0. The molecule has 248 valence electrons. The summed E-state index contributed by atoms with van der Waals surface area (Å²) in [5.41, 5.74) is 1.65. The summed E-state index contributed by atoms with van der Waals surface area (Å²) in [5.74, 6) is 4.86. The lowest BCUT2D eigenvalue weighted by atomic mass is 9.37. The molecule has 5 heteroatoms. The largest absolute Gasteiger partial charge is 0.393 e. The van der Waals surface area contributed by atoms with E-state index in [1.165, 1.54) is 57.1 Å². The van der Waals surface area contributed by atoms with Gasteiger partial charge < -0.3 is 15.2 Å². The number of aliphatic hydroxyl groups is 1. The molecule has 0 aromatic carbocycles. The first-order chi connectivity index (χ1) is 20.9. The van der Waals surface area contributed by atoms with E-state index in [1.54, 1.807) is 0 Å². The number of nitrogens with zero attached hydrogens (tertiary/aromatic N) is 1. The van der Waals surface area contributed by atoms with E-state index in [1.807, 2.05) is 0 Å². The first-order valence-corrected chi connectivity index (χ1v) is 18.8. The van der Waals surface area contributed by atoms with Crippen LogP contribution in [0.15, 0.2) is 12.2 Å². The van der Waals surface area contributed by atoms with Gasteiger partial charge in [0.1, 0.15) is 0 Å². The molecule has 0 bridgehead atoms. The molecule has 7 rings (SSSR count). The average molecular weight is 609 g/mol. The third kappa shape index (κ3) is 4.82. The van der Waals surface area contributed by atoms with Crippen LogP contribution < -0.4 is 5.32 Å². The second kappa shape index (κ2) is 11.4. The number of morpholine rings is 1. The van der Waals surface area contributed by atoms with Crippen molar-refractivity contribution in [3.8, 4) is 0 Å². The van der Waals surface area contributed by atoms with Crippen LogP contribution in [-0.2, 0) is 9.53 Å². The third-order valence-electron chi connectivity index (χ3n) is 16.1. The second-order valence-corrected chi connectivity index (χ2v) is 18.4. The van der Waals surface area contributed by atoms with Crippen molar-refractivity contribution in [2.75, 3.05) is 32.8 Å². The number of allylic oxidation sites excluding steroid dienone is 1. The smallest absolute Gasteiger partial charge is 0.226 e. The van der Waals surface area contributed by atoms with E-state index < -0.39 is 0 Å². The molecule has 0 aromatic rings. The number of amides is 1. The Morgan fingerprint density at radius 2 is 1.57 bits per heavy atom. The highest BCUT2D eigenvalue weighted by atomic mass is 16.5. The van der Waals surface area contributed by atoms with E-state index >= 15 is 0 Å². The van der Waals surface area contributed by atoms with E-state index in [4.69, 9.17) is 4.74 Å². The normalized spacial score (nSPS) is 50.2. The highest BCUT2D eigenvalue weighted by Crippen LogP contribution is 2.73. The molecule has 0 spiro atoms. The molecule has 2 N–H and O–H groups in total. The van der Waals surface area contributed by atoms with Gasteiger partial charge in [-0.05, 0) is 148 Å². The Labute approximate surface area is 268 Å². The van der Waals surface area contributed by atoms with E-state index in [9.17, 15) is 9.90 Å². The van der Waals surface area contributed by atoms with E-state index in [0.717, 1.165) is 76.7 Å². The predicted molar refractivity (Wildman–Crippen MR) is 177 cm³/mol. The minimum Gasteiger partial charge on any atom is -0.393 e. The summed E-state index contributed by atoms with van der Waals surface area (Å²) in [7, 11) is 0. The first kappa shape index (κ1) is 31.7. The molecule has 0 radical (unpaired) electrons. The monoisotopic (exact) mass is 608 g/mol. The van der Waals surface area contributed by atoms with Crippen LogP contribution in [0.4, 0.5) is 0 Å². The Hall–Kier alpha value is -0.910. The SMILES string of the molecule is C=C(C)[C@@H]1CCC2(C(=O)N[C@@H]3CC[C@H](CN4CCOCC4)C3)CC[C@H]3C4CC[C@H]5C(C)(C)[C@@H](O)CC[C@]5(C)[C@H]4CC[C@]3(C)[C@@H]12. The zero-order valence-corrected chi connectivity index (χ0v) is 28.8. The molecular formula is C39H64N2O3. The zero-order valence-electron chi connectivity index (χ0n) is 28.8. The molecule has 12 atom stereocenters. The van der Waals surface area contributed by atoms with E-state index in [0.29, 0.717) is 47.0 Å². The molecule has 6 saturated carbocycles. The lowest BCUT2D eigenvalue weighted by molar-refractivity contribution is -0.204. The zero-order chi connectivity index (χ0) is 31.1. The van der Waals surface area contributed by atoms with Crippen molar-refractivity contribution in [3.05, 3.63) is 12.2 Å². The molecule has 1 saturated heterocycles. The minimum atomic E-state index is -0.220. The lowest BCUT2D eigenvalue weighted by Gasteiger charge is -2.68. The number of fused-ring (bicyclic) bond motifs is 7. The van der Waals surface area contributed by atoms with Crippen molar-refractivity contribution >= 4 is 5.91 Å². The molecule has 6 aliphatic carbocycles. The van der Waals surface area contributed by atoms with Gasteiger partial charge in [0.2, 0.25) is 5.91 Å². The van der Waals surface area contributed by atoms with Gasteiger partial charge in [0.25, 0.3) is 0 Å². The van der Waals surface area contributed by atoms with Crippen LogP contribution in [0.5, 0.6) is 0 Å². The van der Waals surface area contributed by atoms with Gasteiger partial charge in [0, 0.05) is 25.7 Å². The standard InChI is InChI=1S/C39H64N2O3/c1-25(2)28-11-17-39(35(43)40-27-8-7-26(23-27)24-41-19-21-44-22-20-41)18-13-31-29-9-10-32-36(3,4)33(42)14-16-37(32,5)30(29)12-15-38(31,6)34(28)39/h26-34,42H,1,7-24H2,2-6H3,(H,40,43)/t26-,27+,28-,29?,30-,31-,32-,33-,34+,37+,38-,39?/m0/s1. The maximum Gasteiger partial charge on any atom is 0.226 e. The number of carbonyl (C=O) groups excluding carboxylic acids is 1. The molecule has 1 heterocycles. The van der Waals surface area contributed by atoms with Crippen LogP contribution in [0.1, 0.15) is 118 Å². The maximum absolute atomic E-state index is 14.7. The van der Waals surface area contributed by atoms with Gasteiger partial charge in [-0.2, -0.15) is 0 Å². The summed E-state index contributed by atoms with van der Waals surface area (Å²) in [6, 6.07) is 0.342. The van der Waals surface area contributed by atoms with Crippen molar-refractivity contribution in [1.29, 1.82) is 0 Å². The summed E-state index contributed by atoms with van der Waals surface area (Å²) in [4.78, 5) is 17.2. The fourth-order valence-corrected chi connectivity index (χ4v) is 14.0. The fraction of sp³-hybridized carbons (Fsp3) is 0.923. The first-order valence-electron chi connectivity index (χ1n) is 18.8. The summed E-state index contributed by atoms with van der Waals surface area (Å²) < 4.78 is 5.57. The van der Waals surface area contributed by atoms with Gasteiger partial charge in [0.05, 0.1) is 24.7 Å². The van der Waals surface area contributed by atoms with Crippen molar-refractivity contribution < 1.29 is 14.6 Å². The van der Waals surface area contributed by atoms with Crippen molar-refractivity contribution in [3.63, 3.8) is 0 Å². The van der Waals surface area contributed by atoms with Gasteiger partial charge in [-0.15, -0.1) is 0 Å². The molecule has 1 aliphatic heterocycles. The summed E-state index contributed by atoms with van der Waals surface area (Å²) >= 11 is 0. The van der Waals surface area contributed by atoms with Gasteiger partial charge in [-0.25, -0.2) is 0 Å². The van der Waals surface area contributed by atoms with Crippen LogP contribution in [0.3, 0.4) is 0 Å². The number of hydrogen-bond donors (Lipinski definition) is 2. The highest BCUT2D eigenvalue weighted by Gasteiger charge is 2.69. The van der Waals surface area contributed by atoms with Crippen LogP contribution in [-0.4, -0.2) is 60.9 Å². The Morgan fingerprint density at radius 3 is 2.32 bits per heavy atom. The number of ether oxygens (including phenoxy) is 1. The minimum absolute atomic E-state index is 0.0104. The Morgan fingerprint density at radius 1 is 0.886 bits per heavy atom. The average Bonchev–Trinajstić information content (AvgIpc) is 3.61. The van der Waals surface area contributed by atoms with Gasteiger partial charge in [0.15, 0.2) is 0 Å². The Balaban J connectivity index is 1.10. The molecule has 5 nitrogen and oxygen atoms in total. The van der Waals surface area contributed by atoms with E-state index in [2.05, 4.69) is 51.4 Å². The predicted octanol–water partition coefficient (Wildman–Crippen LogP) is 7.23. The Bertz CT molecular complexity index is 1110. The number of hydrogen-bond acceptors (Lipinski definition) is 4. The van der Waals surface area contributed by atoms with Gasteiger partial charge in [-0.1, -0.05) is 39.8 Å².